The number of aliphatic hydroxyl groups is 1. The van der Waals surface area contributed by atoms with Crippen molar-refractivity contribution in [3.8, 4) is 0 Å². The van der Waals surface area contributed by atoms with Crippen LogP contribution in [0.3, 0.4) is 0 Å². The number of rotatable bonds is 1. The van der Waals surface area contributed by atoms with E-state index in [1.807, 2.05) is 0 Å². The zero-order chi connectivity index (χ0) is 11.0. The maximum Gasteiger partial charge on any atom is 0.336 e. The van der Waals surface area contributed by atoms with Gasteiger partial charge in [0.25, 0.3) is 5.91 Å². The highest BCUT2D eigenvalue weighted by molar-refractivity contribution is 6.09. The molecule has 0 saturated heterocycles. The molecule has 0 spiro atoms. The fraction of sp³-hybridized carbons (Fsp3) is 0.222. The fourth-order valence-corrected chi connectivity index (χ4v) is 1.50. The lowest BCUT2D eigenvalue weighted by Crippen LogP contribution is -2.38. The van der Waals surface area contributed by atoms with Crippen LogP contribution in [0.4, 0.5) is 0 Å². The quantitative estimate of drug-likeness (QED) is 0.575. The number of hydrogen-bond acceptors (Lipinski definition) is 5. The molecule has 2 rings (SSSR count). The molecule has 0 atom stereocenters. The lowest BCUT2D eigenvalue weighted by atomic mass is 10.0. The second-order valence-electron chi connectivity index (χ2n) is 3.10. The van der Waals surface area contributed by atoms with E-state index >= 15 is 0 Å². The van der Waals surface area contributed by atoms with Crippen molar-refractivity contribution in [1.82, 2.24) is 5.32 Å². The Bertz CT molecular complexity index is 502. The average molecular weight is 209 g/mol. The minimum Gasteiger partial charge on any atom is -0.426 e. The predicted octanol–water partition coefficient (Wildman–Crippen LogP) is -1.06. The van der Waals surface area contributed by atoms with Gasteiger partial charge in [-0.1, -0.05) is 0 Å². The molecule has 1 aromatic rings. The van der Waals surface area contributed by atoms with Crippen molar-refractivity contribution in [2.45, 2.75) is 13.0 Å². The first-order chi connectivity index (χ1) is 7.11. The van der Waals surface area contributed by atoms with Crippen LogP contribution in [0, 0.1) is 0 Å². The lowest BCUT2D eigenvalue weighted by Gasteiger charge is -2.15. The van der Waals surface area contributed by atoms with Gasteiger partial charge in [-0.25, -0.2) is 4.79 Å². The molecule has 0 bridgehead atoms. The molecule has 2 heterocycles. The first-order valence-corrected chi connectivity index (χ1v) is 4.22. The monoisotopic (exact) mass is 209 g/mol. The first kappa shape index (κ1) is 9.60. The van der Waals surface area contributed by atoms with E-state index in [-0.39, 0.29) is 23.3 Å². The number of carbonyl (C=O) groups is 2. The zero-order valence-electron chi connectivity index (χ0n) is 7.57. The summed E-state index contributed by atoms with van der Waals surface area (Å²) in [5, 5.41) is 11.0. The molecule has 0 fully saturated rings. The van der Waals surface area contributed by atoms with Crippen molar-refractivity contribution < 1.29 is 19.1 Å². The van der Waals surface area contributed by atoms with Crippen LogP contribution in [0.15, 0.2) is 15.3 Å². The Kier molecular flexibility index (Phi) is 2.12. The maximum atomic E-state index is 11.4. The topological polar surface area (TPSA) is 96.6 Å². The molecule has 2 amide bonds. The van der Waals surface area contributed by atoms with Gasteiger partial charge in [-0.2, -0.15) is 0 Å². The van der Waals surface area contributed by atoms with Crippen molar-refractivity contribution in [2.24, 2.45) is 0 Å². The Morgan fingerprint density at radius 1 is 1.40 bits per heavy atom. The van der Waals surface area contributed by atoms with Gasteiger partial charge >= 0.3 is 5.63 Å². The summed E-state index contributed by atoms with van der Waals surface area (Å²) in [6, 6.07) is 1.04. The number of aliphatic hydroxyl groups excluding tert-OH is 1. The molecule has 78 valence electrons. The van der Waals surface area contributed by atoms with Gasteiger partial charge in [-0.15, -0.1) is 0 Å². The van der Waals surface area contributed by atoms with Gasteiger partial charge in [-0.3, -0.25) is 14.9 Å². The number of amides is 2. The summed E-state index contributed by atoms with van der Waals surface area (Å²) in [4.78, 5) is 33.4. The minimum absolute atomic E-state index is 0.0142. The van der Waals surface area contributed by atoms with Crippen molar-refractivity contribution in [2.75, 3.05) is 0 Å². The molecule has 0 radical (unpaired) electrons. The van der Waals surface area contributed by atoms with E-state index in [1.165, 1.54) is 0 Å². The molecule has 6 heteroatoms. The normalized spacial score (nSPS) is 14.7. The van der Waals surface area contributed by atoms with Gasteiger partial charge in [0, 0.05) is 11.6 Å². The summed E-state index contributed by atoms with van der Waals surface area (Å²) >= 11 is 0. The molecule has 1 aromatic heterocycles. The van der Waals surface area contributed by atoms with Gasteiger partial charge in [0.05, 0.1) is 18.6 Å². The zero-order valence-corrected chi connectivity index (χ0v) is 7.57. The molecule has 0 aliphatic carbocycles. The number of hydrogen-bond donors (Lipinski definition) is 2. The molecular weight excluding hydrogens is 202 g/mol. The summed E-state index contributed by atoms with van der Waals surface area (Å²) in [5.74, 6) is -1.15. The number of fused-ring (bicyclic) bond motifs is 1. The van der Waals surface area contributed by atoms with Gasteiger partial charge in [0.1, 0.15) is 5.76 Å². The molecule has 1 aliphatic heterocycles. The Morgan fingerprint density at radius 3 is 2.80 bits per heavy atom. The number of carbonyl (C=O) groups excluding carboxylic acids is 2. The van der Waals surface area contributed by atoms with Crippen molar-refractivity contribution >= 4 is 11.8 Å². The Balaban J connectivity index is 2.69. The van der Waals surface area contributed by atoms with E-state index in [9.17, 15) is 14.4 Å². The van der Waals surface area contributed by atoms with Crippen LogP contribution in [-0.2, 0) is 17.8 Å². The van der Waals surface area contributed by atoms with Gasteiger partial charge in [0.2, 0.25) is 5.91 Å². The summed E-state index contributed by atoms with van der Waals surface area (Å²) in [6.45, 7) is -0.449. The molecular formula is C9H7NO5. The molecule has 1 aliphatic rings. The van der Waals surface area contributed by atoms with Crippen LogP contribution < -0.4 is 10.9 Å². The van der Waals surface area contributed by atoms with Crippen LogP contribution in [0.2, 0.25) is 0 Å². The smallest absolute Gasteiger partial charge is 0.336 e. The fourth-order valence-electron chi connectivity index (χ4n) is 1.50. The summed E-state index contributed by atoms with van der Waals surface area (Å²) < 4.78 is 4.73. The molecule has 0 saturated carbocycles. The molecule has 0 unspecified atom stereocenters. The standard InChI is InChI=1S/C9H7NO5/c11-3-4-1-7(13)15-5-2-6(12)10-9(14)8(4)5/h1,11H,2-3H2,(H,10,12,14). The highest BCUT2D eigenvalue weighted by Gasteiger charge is 2.27. The highest BCUT2D eigenvalue weighted by Crippen LogP contribution is 2.16. The summed E-state index contributed by atoms with van der Waals surface area (Å²) in [6.07, 6.45) is -0.163. The maximum absolute atomic E-state index is 11.4. The largest absolute Gasteiger partial charge is 0.426 e. The van der Waals surface area contributed by atoms with Crippen LogP contribution in [-0.4, -0.2) is 16.9 Å². The molecule has 0 aromatic carbocycles. The number of imide groups is 1. The van der Waals surface area contributed by atoms with Gasteiger partial charge in [-0.05, 0) is 0 Å². The van der Waals surface area contributed by atoms with Crippen LogP contribution >= 0.6 is 0 Å². The third-order valence-corrected chi connectivity index (χ3v) is 2.09. The van der Waals surface area contributed by atoms with Gasteiger partial charge < -0.3 is 9.52 Å². The highest BCUT2D eigenvalue weighted by atomic mass is 16.4. The minimum atomic E-state index is -0.680. The SMILES string of the molecule is O=C1Cc2oc(=O)cc(CO)c2C(=O)N1. The third-order valence-electron chi connectivity index (χ3n) is 2.09. The van der Waals surface area contributed by atoms with Crippen molar-refractivity contribution in [3.05, 3.63) is 33.4 Å². The van der Waals surface area contributed by atoms with E-state index in [2.05, 4.69) is 5.32 Å². The first-order valence-electron chi connectivity index (χ1n) is 4.22. The molecule has 15 heavy (non-hydrogen) atoms. The Hall–Kier alpha value is -1.95. The van der Waals surface area contributed by atoms with E-state index in [0.29, 0.717) is 0 Å². The van der Waals surface area contributed by atoms with Crippen LogP contribution in [0.25, 0.3) is 0 Å². The van der Waals surface area contributed by atoms with E-state index in [0.717, 1.165) is 6.07 Å². The van der Waals surface area contributed by atoms with E-state index < -0.39 is 24.0 Å². The van der Waals surface area contributed by atoms with E-state index in [1.54, 1.807) is 0 Å². The van der Waals surface area contributed by atoms with Crippen molar-refractivity contribution in [3.63, 3.8) is 0 Å². The summed E-state index contributed by atoms with van der Waals surface area (Å²) in [7, 11) is 0. The average Bonchev–Trinajstić information content (AvgIpc) is 2.14. The summed E-state index contributed by atoms with van der Waals surface area (Å²) in [5.41, 5.74) is -0.428. The second kappa shape index (κ2) is 3.32. The van der Waals surface area contributed by atoms with Crippen molar-refractivity contribution in [1.29, 1.82) is 0 Å². The number of nitrogens with one attached hydrogen (secondary N) is 1. The Labute approximate surface area is 83.5 Å². The predicted molar refractivity (Wildman–Crippen MR) is 47.1 cm³/mol. The third kappa shape index (κ3) is 1.55. The molecule has 6 nitrogen and oxygen atoms in total. The van der Waals surface area contributed by atoms with E-state index in [4.69, 9.17) is 9.52 Å². The second-order valence-corrected chi connectivity index (χ2v) is 3.10. The Morgan fingerprint density at radius 2 is 2.13 bits per heavy atom. The van der Waals surface area contributed by atoms with Crippen LogP contribution in [0.5, 0.6) is 0 Å². The molecule has 2 N–H and O–H groups in total. The lowest BCUT2D eigenvalue weighted by molar-refractivity contribution is -0.120. The van der Waals surface area contributed by atoms with Crippen LogP contribution in [0.1, 0.15) is 21.7 Å². The van der Waals surface area contributed by atoms with Gasteiger partial charge in [0.15, 0.2) is 0 Å².